The second-order valence-electron chi connectivity index (χ2n) is 5.17. The van der Waals surface area contributed by atoms with Crippen molar-refractivity contribution in [2.24, 2.45) is 10.9 Å². The topological polar surface area (TPSA) is 73.9 Å². The molecule has 1 unspecified atom stereocenters. The van der Waals surface area contributed by atoms with Gasteiger partial charge >= 0.3 is 0 Å². The fraction of sp³-hybridized carbons (Fsp3) is 0.500. The van der Waals surface area contributed by atoms with Gasteiger partial charge in [0.1, 0.15) is 0 Å². The van der Waals surface area contributed by atoms with E-state index < -0.39 is 0 Å². The van der Waals surface area contributed by atoms with Crippen LogP contribution in [0.2, 0.25) is 5.02 Å². The van der Waals surface area contributed by atoms with Crippen LogP contribution in [0.15, 0.2) is 23.4 Å². The van der Waals surface area contributed by atoms with Crippen molar-refractivity contribution in [2.75, 3.05) is 20.6 Å². The van der Waals surface area contributed by atoms with Gasteiger partial charge in [0.2, 0.25) is 0 Å². The van der Waals surface area contributed by atoms with E-state index >= 15 is 0 Å². The van der Waals surface area contributed by atoms with Crippen molar-refractivity contribution >= 4 is 17.4 Å². The molecule has 20 heavy (non-hydrogen) atoms. The third kappa shape index (κ3) is 5.36. The Morgan fingerprint density at radius 2 is 2.20 bits per heavy atom. The Balaban J connectivity index is 2.56. The van der Waals surface area contributed by atoms with Gasteiger partial charge in [-0.15, -0.1) is 0 Å². The number of nitrogens with zero attached hydrogens (tertiary/aromatic N) is 2. The largest absolute Gasteiger partial charge is 0.409 e. The van der Waals surface area contributed by atoms with Gasteiger partial charge in [-0.25, -0.2) is 0 Å². The lowest BCUT2D eigenvalue weighted by atomic mass is 10.1. The van der Waals surface area contributed by atoms with Crippen LogP contribution in [-0.2, 0) is 6.54 Å². The molecule has 4 N–H and O–H groups in total. The zero-order valence-electron chi connectivity index (χ0n) is 12.2. The molecule has 0 fully saturated rings. The zero-order valence-corrected chi connectivity index (χ0v) is 13.0. The molecule has 0 bridgehead atoms. The molecule has 1 aromatic carbocycles. The standard InChI is InChI=1S/C14H23ClN4O/c1-10(6-7-19(2)3)17-9-12-5-4-11(8-13(12)15)14(16)18-20/h4-5,8,10,17,20H,6-7,9H2,1-3H3,(H2,16,18). The Kier molecular flexibility index (Phi) is 6.78. The van der Waals surface area contributed by atoms with E-state index in [2.05, 4.69) is 36.4 Å². The van der Waals surface area contributed by atoms with Crippen molar-refractivity contribution in [1.82, 2.24) is 10.2 Å². The van der Waals surface area contributed by atoms with E-state index in [1.54, 1.807) is 12.1 Å². The predicted octanol–water partition coefficient (Wildman–Crippen LogP) is 1.86. The molecule has 0 saturated heterocycles. The monoisotopic (exact) mass is 298 g/mol. The first-order chi connectivity index (χ1) is 9.43. The molecule has 0 saturated carbocycles. The molecule has 5 nitrogen and oxygen atoms in total. The summed E-state index contributed by atoms with van der Waals surface area (Å²) in [7, 11) is 4.13. The Bertz CT molecular complexity index is 462. The number of amidine groups is 1. The summed E-state index contributed by atoms with van der Waals surface area (Å²) in [5.74, 6) is 0.0609. The molecular formula is C14H23ClN4O. The van der Waals surface area contributed by atoms with E-state index in [-0.39, 0.29) is 5.84 Å². The maximum atomic E-state index is 8.63. The first-order valence-electron chi connectivity index (χ1n) is 6.58. The van der Waals surface area contributed by atoms with Crippen LogP contribution in [0.25, 0.3) is 0 Å². The molecule has 6 heteroatoms. The van der Waals surface area contributed by atoms with Crippen molar-refractivity contribution in [3.05, 3.63) is 34.3 Å². The molecule has 0 aliphatic carbocycles. The summed E-state index contributed by atoms with van der Waals surface area (Å²) >= 11 is 6.20. The molecule has 1 aromatic rings. The number of benzene rings is 1. The fourth-order valence-electron chi connectivity index (χ4n) is 1.75. The number of halogens is 1. The highest BCUT2D eigenvalue weighted by Crippen LogP contribution is 2.18. The number of nitrogens with one attached hydrogen (secondary N) is 1. The lowest BCUT2D eigenvalue weighted by Crippen LogP contribution is -2.29. The van der Waals surface area contributed by atoms with Gasteiger partial charge in [0, 0.05) is 23.2 Å². The number of hydrogen-bond donors (Lipinski definition) is 3. The smallest absolute Gasteiger partial charge is 0.170 e. The van der Waals surface area contributed by atoms with Gasteiger partial charge in [-0.2, -0.15) is 0 Å². The third-order valence-electron chi connectivity index (χ3n) is 3.11. The Morgan fingerprint density at radius 1 is 1.50 bits per heavy atom. The normalized spacial score (nSPS) is 13.8. The molecule has 0 radical (unpaired) electrons. The summed E-state index contributed by atoms with van der Waals surface area (Å²) in [5, 5.41) is 15.6. The van der Waals surface area contributed by atoms with Crippen LogP contribution < -0.4 is 11.1 Å². The zero-order chi connectivity index (χ0) is 15.1. The van der Waals surface area contributed by atoms with Crippen molar-refractivity contribution in [2.45, 2.75) is 25.9 Å². The summed E-state index contributed by atoms with van der Waals surface area (Å²) in [5.41, 5.74) is 7.14. The van der Waals surface area contributed by atoms with Gasteiger partial charge in [-0.1, -0.05) is 28.9 Å². The minimum absolute atomic E-state index is 0.0609. The van der Waals surface area contributed by atoms with Crippen molar-refractivity contribution in [3.8, 4) is 0 Å². The molecule has 1 atom stereocenters. The van der Waals surface area contributed by atoms with Crippen LogP contribution in [0.3, 0.4) is 0 Å². The molecular weight excluding hydrogens is 276 g/mol. The summed E-state index contributed by atoms with van der Waals surface area (Å²) in [4.78, 5) is 2.16. The summed E-state index contributed by atoms with van der Waals surface area (Å²) in [6.07, 6.45) is 1.08. The Morgan fingerprint density at radius 3 is 2.75 bits per heavy atom. The van der Waals surface area contributed by atoms with Crippen molar-refractivity contribution in [3.63, 3.8) is 0 Å². The van der Waals surface area contributed by atoms with Crippen LogP contribution >= 0.6 is 11.6 Å². The quantitative estimate of drug-likeness (QED) is 0.311. The SMILES string of the molecule is CC(CCN(C)C)NCc1ccc(/C(N)=N/O)cc1Cl. The van der Waals surface area contributed by atoms with Crippen molar-refractivity contribution < 1.29 is 5.21 Å². The van der Waals surface area contributed by atoms with Gasteiger partial charge in [0.05, 0.1) is 0 Å². The Hall–Kier alpha value is -1.30. The average molecular weight is 299 g/mol. The van der Waals surface area contributed by atoms with E-state index in [4.69, 9.17) is 22.5 Å². The highest BCUT2D eigenvalue weighted by molar-refractivity contribution is 6.31. The first kappa shape index (κ1) is 16.8. The molecule has 1 rings (SSSR count). The van der Waals surface area contributed by atoms with Crippen LogP contribution in [0.4, 0.5) is 0 Å². The highest BCUT2D eigenvalue weighted by Gasteiger charge is 2.07. The van der Waals surface area contributed by atoms with Gasteiger partial charge in [-0.3, -0.25) is 0 Å². The molecule has 0 aliphatic heterocycles. The Labute approximate surface area is 125 Å². The molecule has 0 heterocycles. The maximum Gasteiger partial charge on any atom is 0.170 e. The van der Waals surface area contributed by atoms with E-state index in [1.165, 1.54) is 0 Å². The fourth-order valence-corrected chi connectivity index (χ4v) is 1.99. The summed E-state index contributed by atoms with van der Waals surface area (Å²) < 4.78 is 0. The number of hydrogen-bond acceptors (Lipinski definition) is 4. The number of oxime groups is 1. The van der Waals surface area contributed by atoms with E-state index in [0.29, 0.717) is 23.2 Å². The van der Waals surface area contributed by atoms with Crippen LogP contribution in [0.1, 0.15) is 24.5 Å². The minimum atomic E-state index is 0.0609. The molecule has 0 spiro atoms. The lowest BCUT2D eigenvalue weighted by Gasteiger charge is -2.17. The first-order valence-corrected chi connectivity index (χ1v) is 6.96. The van der Waals surface area contributed by atoms with Crippen LogP contribution in [0.5, 0.6) is 0 Å². The van der Waals surface area contributed by atoms with E-state index in [0.717, 1.165) is 18.5 Å². The minimum Gasteiger partial charge on any atom is -0.409 e. The summed E-state index contributed by atoms with van der Waals surface area (Å²) in [6.45, 7) is 3.90. The number of nitrogens with two attached hydrogens (primary N) is 1. The van der Waals surface area contributed by atoms with Crippen LogP contribution in [0, 0.1) is 0 Å². The van der Waals surface area contributed by atoms with E-state index in [1.807, 2.05) is 6.07 Å². The summed E-state index contributed by atoms with van der Waals surface area (Å²) in [6, 6.07) is 5.80. The van der Waals surface area contributed by atoms with Gasteiger partial charge in [0.25, 0.3) is 0 Å². The second kappa shape index (κ2) is 8.09. The molecule has 112 valence electrons. The van der Waals surface area contributed by atoms with Gasteiger partial charge < -0.3 is 21.2 Å². The van der Waals surface area contributed by atoms with Crippen LogP contribution in [-0.4, -0.2) is 42.6 Å². The molecule has 0 aliphatic rings. The van der Waals surface area contributed by atoms with Crippen molar-refractivity contribution in [1.29, 1.82) is 0 Å². The number of rotatable bonds is 7. The maximum absolute atomic E-state index is 8.63. The second-order valence-corrected chi connectivity index (χ2v) is 5.57. The van der Waals surface area contributed by atoms with Gasteiger partial charge in [-0.05, 0) is 45.6 Å². The average Bonchev–Trinajstić information content (AvgIpc) is 2.42. The lowest BCUT2D eigenvalue weighted by molar-refractivity contribution is 0.318. The molecule has 0 amide bonds. The van der Waals surface area contributed by atoms with Gasteiger partial charge in [0.15, 0.2) is 5.84 Å². The third-order valence-corrected chi connectivity index (χ3v) is 3.46. The molecule has 0 aromatic heterocycles. The predicted molar refractivity (Wildman–Crippen MR) is 83.4 cm³/mol. The highest BCUT2D eigenvalue weighted by atomic mass is 35.5. The van der Waals surface area contributed by atoms with E-state index in [9.17, 15) is 0 Å².